The average Bonchev–Trinajstić information content (AvgIpc) is 3.27. The molecule has 11 heteroatoms. The lowest BCUT2D eigenvalue weighted by atomic mass is 9.97. The summed E-state index contributed by atoms with van der Waals surface area (Å²) in [5, 5.41) is 14.0. The number of methoxy groups -OCH3 is 1. The van der Waals surface area contributed by atoms with Crippen molar-refractivity contribution in [3.05, 3.63) is 53.6 Å². The van der Waals surface area contributed by atoms with Crippen molar-refractivity contribution in [3.63, 3.8) is 0 Å². The normalized spacial score (nSPS) is 17.5. The number of benzene rings is 2. The van der Waals surface area contributed by atoms with Crippen molar-refractivity contribution in [1.29, 1.82) is 5.26 Å². The highest BCUT2D eigenvalue weighted by Gasteiger charge is 2.43. The van der Waals surface area contributed by atoms with Gasteiger partial charge in [-0.25, -0.2) is 0 Å². The van der Waals surface area contributed by atoms with Gasteiger partial charge in [0.15, 0.2) is 0 Å². The molecule has 2 aromatic rings. The van der Waals surface area contributed by atoms with Crippen LogP contribution in [0, 0.1) is 11.3 Å². The highest BCUT2D eigenvalue weighted by molar-refractivity contribution is 5.92. The highest BCUT2D eigenvalue weighted by Crippen LogP contribution is 2.40. The molecule has 1 atom stereocenters. The van der Waals surface area contributed by atoms with Gasteiger partial charge in [-0.15, -0.1) is 0 Å². The van der Waals surface area contributed by atoms with Gasteiger partial charge in [-0.1, -0.05) is 12.1 Å². The van der Waals surface area contributed by atoms with Crippen LogP contribution in [-0.4, -0.2) is 37.7 Å². The number of carbonyl (C=O) groups is 2. The van der Waals surface area contributed by atoms with Crippen LogP contribution in [0.1, 0.15) is 24.0 Å². The molecule has 2 N–H and O–H groups in total. The number of amides is 2. The highest BCUT2D eigenvalue weighted by atomic mass is 19.4. The molecule has 0 spiro atoms. The maximum atomic E-state index is 13.4. The van der Waals surface area contributed by atoms with Gasteiger partial charge >= 0.3 is 6.18 Å². The zero-order chi connectivity index (χ0) is 24.8. The summed E-state index contributed by atoms with van der Waals surface area (Å²) in [5.41, 5.74) is -1.56. The Kier molecular flexibility index (Phi) is 7.63. The smallest absolute Gasteiger partial charge is 0.420 e. The van der Waals surface area contributed by atoms with Crippen LogP contribution in [0.2, 0.25) is 0 Å². The van der Waals surface area contributed by atoms with Crippen LogP contribution < -0.4 is 20.1 Å². The molecule has 0 bridgehead atoms. The summed E-state index contributed by atoms with van der Waals surface area (Å²) in [7, 11) is 1.27. The number of nitrogens with one attached hydrogen (secondary N) is 2. The lowest BCUT2D eigenvalue weighted by Crippen LogP contribution is -2.59. The summed E-state index contributed by atoms with van der Waals surface area (Å²) in [5.74, 6) is -1.16. The number of nitrogens with zero attached hydrogens (tertiary/aromatic N) is 1. The number of nitriles is 1. The Bertz CT molecular complexity index is 1070. The van der Waals surface area contributed by atoms with Gasteiger partial charge in [-0.3, -0.25) is 9.59 Å². The van der Waals surface area contributed by atoms with E-state index in [-0.39, 0.29) is 49.8 Å². The molecule has 1 heterocycles. The minimum Gasteiger partial charge on any atom is -0.497 e. The van der Waals surface area contributed by atoms with Crippen LogP contribution in [0.4, 0.5) is 13.2 Å². The van der Waals surface area contributed by atoms with Crippen molar-refractivity contribution in [2.75, 3.05) is 20.3 Å². The van der Waals surface area contributed by atoms with Gasteiger partial charge < -0.3 is 24.8 Å². The molecular weight excluding hydrogens is 455 g/mol. The Morgan fingerprint density at radius 3 is 2.47 bits per heavy atom. The fourth-order valence-corrected chi connectivity index (χ4v) is 3.38. The molecule has 0 saturated carbocycles. The summed E-state index contributed by atoms with van der Waals surface area (Å²) in [4.78, 5) is 24.6. The van der Waals surface area contributed by atoms with Crippen LogP contribution in [-0.2, 0) is 27.0 Å². The quantitative estimate of drug-likeness (QED) is 0.604. The van der Waals surface area contributed by atoms with E-state index in [1.165, 1.54) is 31.4 Å². The molecular formula is C23H22F3N3O5. The Labute approximate surface area is 193 Å². The first kappa shape index (κ1) is 24.9. The third kappa shape index (κ3) is 5.96. The minimum absolute atomic E-state index is 0.00776. The van der Waals surface area contributed by atoms with Crippen molar-refractivity contribution < 1.29 is 37.0 Å². The van der Waals surface area contributed by atoms with Crippen molar-refractivity contribution in [1.82, 2.24) is 10.6 Å². The molecule has 1 unspecified atom stereocenters. The molecule has 0 aromatic heterocycles. The Morgan fingerprint density at radius 1 is 1.18 bits per heavy atom. The number of hydrogen-bond donors (Lipinski definition) is 2. The van der Waals surface area contributed by atoms with E-state index in [2.05, 4.69) is 10.6 Å². The maximum absolute atomic E-state index is 13.4. The van der Waals surface area contributed by atoms with E-state index in [0.717, 1.165) is 6.07 Å². The molecule has 1 fully saturated rings. The third-order valence-corrected chi connectivity index (χ3v) is 5.17. The second-order valence-corrected chi connectivity index (χ2v) is 7.56. The second-order valence-electron chi connectivity index (χ2n) is 7.56. The molecule has 34 heavy (non-hydrogen) atoms. The van der Waals surface area contributed by atoms with E-state index in [4.69, 9.17) is 19.5 Å². The summed E-state index contributed by atoms with van der Waals surface area (Å²) < 4.78 is 55.6. The Hall–Kier alpha value is -3.78. The van der Waals surface area contributed by atoms with E-state index in [0.29, 0.717) is 5.56 Å². The maximum Gasteiger partial charge on any atom is 0.420 e. The van der Waals surface area contributed by atoms with Crippen molar-refractivity contribution >= 4 is 11.8 Å². The van der Waals surface area contributed by atoms with Crippen molar-refractivity contribution in [3.8, 4) is 23.3 Å². The number of hydrogen-bond acceptors (Lipinski definition) is 6. The molecule has 3 rings (SSSR count). The van der Waals surface area contributed by atoms with E-state index >= 15 is 0 Å². The van der Waals surface area contributed by atoms with Gasteiger partial charge in [0.1, 0.15) is 34.8 Å². The molecule has 0 aliphatic carbocycles. The SMILES string of the molecule is COc1ccc(Oc2ccc(CNC(=O)C3(NC(=O)CC#N)CCOC3)cc2)c(C(F)(F)F)c1. The Balaban J connectivity index is 1.65. The zero-order valence-corrected chi connectivity index (χ0v) is 18.2. The van der Waals surface area contributed by atoms with Crippen LogP contribution in [0.5, 0.6) is 17.2 Å². The lowest BCUT2D eigenvalue weighted by Gasteiger charge is -2.27. The fraction of sp³-hybridized carbons (Fsp3) is 0.348. The molecule has 1 aliphatic heterocycles. The third-order valence-electron chi connectivity index (χ3n) is 5.17. The fourth-order valence-electron chi connectivity index (χ4n) is 3.38. The van der Waals surface area contributed by atoms with Crippen LogP contribution in [0.3, 0.4) is 0 Å². The van der Waals surface area contributed by atoms with E-state index < -0.39 is 29.1 Å². The van der Waals surface area contributed by atoms with Crippen molar-refractivity contribution in [2.24, 2.45) is 0 Å². The standard InChI is InChI=1S/C23H22F3N3O5/c1-32-17-6-7-19(18(12-17)23(24,25)26)34-16-4-2-15(3-5-16)13-28-21(31)22(9-11-33-14-22)29-20(30)8-10-27/h2-7,12H,8-9,11,13-14H2,1H3,(H,28,31)(H,29,30). The molecule has 8 nitrogen and oxygen atoms in total. The summed E-state index contributed by atoms with van der Waals surface area (Å²) in [6.45, 7) is 0.384. The lowest BCUT2D eigenvalue weighted by molar-refractivity contribution is -0.138. The zero-order valence-electron chi connectivity index (χ0n) is 18.2. The summed E-state index contributed by atoms with van der Waals surface area (Å²) in [6.07, 6.45) is -4.73. The number of carbonyl (C=O) groups excluding carboxylic acids is 2. The minimum atomic E-state index is -4.63. The largest absolute Gasteiger partial charge is 0.497 e. The topological polar surface area (TPSA) is 110 Å². The second kappa shape index (κ2) is 10.4. The first-order chi connectivity index (χ1) is 16.2. The number of alkyl halides is 3. The molecule has 2 aromatic carbocycles. The number of rotatable bonds is 8. The van der Waals surface area contributed by atoms with Crippen molar-refractivity contribution in [2.45, 2.75) is 31.1 Å². The molecule has 180 valence electrons. The number of halogens is 3. The van der Waals surface area contributed by atoms with Gasteiger partial charge in [0, 0.05) is 19.6 Å². The Morgan fingerprint density at radius 2 is 1.88 bits per heavy atom. The number of ether oxygens (including phenoxy) is 3. The van der Waals surface area contributed by atoms with Gasteiger partial charge in [0.05, 0.1) is 19.8 Å². The predicted molar refractivity (Wildman–Crippen MR) is 113 cm³/mol. The summed E-state index contributed by atoms with van der Waals surface area (Å²) in [6, 6.07) is 11.3. The summed E-state index contributed by atoms with van der Waals surface area (Å²) >= 11 is 0. The first-order valence-corrected chi connectivity index (χ1v) is 10.2. The molecule has 1 aliphatic rings. The van der Waals surface area contributed by atoms with Gasteiger partial charge in [-0.2, -0.15) is 18.4 Å². The predicted octanol–water partition coefficient (Wildman–Crippen LogP) is 3.31. The first-order valence-electron chi connectivity index (χ1n) is 10.2. The van der Waals surface area contributed by atoms with Crippen LogP contribution in [0.15, 0.2) is 42.5 Å². The molecule has 2 amide bonds. The van der Waals surface area contributed by atoms with E-state index in [1.807, 2.05) is 0 Å². The van der Waals surface area contributed by atoms with Gasteiger partial charge in [0.2, 0.25) is 11.8 Å². The average molecular weight is 477 g/mol. The van der Waals surface area contributed by atoms with Gasteiger partial charge in [0.25, 0.3) is 0 Å². The van der Waals surface area contributed by atoms with E-state index in [9.17, 15) is 22.8 Å². The monoisotopic (exact) mass is 477 g/mol. The van der Waals surface area contributed by atoms with Gasteiger partial charge in [-0.05, 0) is 35.9 Å². The molecule has 0 radical (unpaired) electrons. The van der Waals surface area contributed by atoms with Crippen LogP contribution >= 0.6 is 0 Å². The molecule has 1 saturated heterocycles. The van der Waals surface area contributed by atoms with Crippen LogP contribution in [0.25, 0.3) is 0 Å². The van der Waals surface area contributed by atoms with E-state index in [1.54, 1.807) is 18.2 Å².